The predicted molar refractivity (Wildman–Crippen MR) is 78.0 cm³/mol. The van der Waals surface area contributed by atoms with E-state index in [1.807, 2.05) is 31.2 Å². The number of nitrogens with zero attached hydrogens (tertiary/aromatic N) is 1. The van der Waals surface area contributed by atoms with Crippen LogP contribution >= 0.6 is 0 Å². The standard InChI is InChI=1S/C16H19NO3/c1-12-6-7-14(13(2)18)15(11-12)20-10-9-17-8-4-3-5-16(17)19/h3-8,11,13,18H,9-10H2,1-2H3. The van der Waals surface area contributed by atoms with Crippen molar-refractivity contribution in [1.82, 2.24) is 4.57 Å². The molecule has 4 heteroatoms. The highest BCUT2D eigenvalue weighted by molar-refractivity contribution is 5.38. The third-order valence-electron chi connectivity index (χ3n) is 3.11. The maximum atomic E-state index is 11.6. The van der Waals surface area contributed by atoms with Gasteiger partial charge in [0.25, 0.3) is 5.56 Å². The van der Waals surface area contributed by atoms with Gasteiger partial charge in [0.1, 0.15) is 12.4 Å². The van der Waals surface area contributed by atoms with E-state index in [1.54, 1.807) is 23.8 Å². The molecular weight excluding hydrogens is 254 g/mol. The predicted octanol–water partition coefficient (Wildman–Crippen LogP) is 2.29. The van der Waals surface area contributed by atoms with Crippen LogP contribution in [0.2, 0.25) is 0 Å². The minimum absolute atomic E-state index is 0.0453. The summed E-state index contributed by atoms with van der Waals surface area (Å²) in [4.78, 5) is 11.6. The maximum absolute atomic E-state index is 11.6. The number of hydrogen-bond donors (Lipinski definition) is 1. The highest BCUT2D eigenvalue weighted by atomic mass is 16.5. The highest BCUT2D eigenvalue weighted by Gasteiger charge is 2.09. The van der Waals surface area contributed by atoms with E-state index in [2.05, 4.69) is 0 Å². The summed E-state index contributed by atoms with van der Waals surface area (Å²) in [5, 5.41) is 9.72. The van der Waals surface area contributed by atoms with E-state index < -0.39 is 6.10 Å². The second-order valence-corrected chi connectivity index (χ2v) is 4.80. The molecule has 106 valence electrons. The minimum Gasteiger partial charge on any atom is -0.491 e. The maximum Gasteiger partial charge on any atom is 0.250 e. The highest BCUT2D eigenvalue weighted by Crippen LogP contribution is 2.26. The van der Waals surface area contributed by atoms with Crippen LogP contribution in [0.15, 0.2) is 47.4 Å². The van der Waals surface area contributed by atoms with Crippen molar-refractivity contribution in [2.75, 3.05) is 6.61 Å². The number of rotatable bonds is 5. The Morgan fingerprint density at radius 3 is 2.80 bits per heavy atom. The molecule has 0 aliphatic carbocycles. The zero-order valence-corrected chi connectivity index (χ0v) is 11.7. The third kappa shape index (κ3) is 3.48. The summed E-state index contributed by atoms with van der Waals surface area (Å²) >= 11 is 0. The van der Waals surface area contributed by atoms with E-state index in [-0.39, 0.29) is 5.56 Å². The first-order valence-corrected chi connectivity index (χ1v) is 6.65. The molecule has 0 aliphatic heterocycles. The molecule has 0 spiro atoms. The van der Waals surface area contributed by atoms with Crippen LogP contribution in [-0.2, 0) is 6.54 Å². The van der Waals surface area contributed by atoms with Gasteiger partial charge in [-0.3, -0.25) is 4.79 Å². The molecule has 0 fully saturated rings. The fraction of sp³-hybridized carbons (Fsp3) is 0.312. The van der Waals surface area contributed by atoms with E-state index in [4.69, 9.17) is 4.74 Å². The smallest absolute Gasteiger partial charge is 0.250 e. The summed E-state index contributed by atoms with van der Waals surface area (Å²) < 4.78 is 7.31. The van der Waals surface area contributed by atoms with Gasteiger partial charge in [-0.2, -0.15) is 0 Å². The van der Waals surface area contributed by atoms with Gasteiger partial charge in [-0.1, -0.05) is 18.2 Å². The summed E-state index contributed by atoms with van der Waals surface area (Å²) in [7, 11) is 0. The van der Waals surface area contributed by atoms with Crippen molar-refractivity contribution in [3.63, 3.8) is 0 Å². The summed E-state index contributed by atoms with van der Waals surface area (Å²) in [5.41, 5.74) is 1.79. The number of hydrogen-bond acceptors (Lipinski definition) is 3. The first-order chi connectivity index (χ1) is 9.58. The zero-order valence-electron chi connectivity index (χ0n) is 11.7. The Kier molecular flexibility index (Phi) is 4.58. The van der Waals surface area contributed by atoms with E-state index >= 15 is 0 Å². The first kappa shape index (κ1) is 14.3. The van der Waals surface area contributed by atoms with Crippen LogP contribution in [0.4, 0.5) is 0 Å². The monoisotopic (exact) mass is 273 g/mol. The fourth-order valence-electron chi connectivity index (χ4n) is 2.01. The van der Waals surface area contributed by atoms with Crippen LogP contribution in [0.1, 0.15) is 24.2 Å². The Hall–Kier alpha value is -2.07. The average molecular weight is 273 g/mol. The summed E-state index contributed by atoms with van der Waals surface area (Å²) in [6, 6.07) is 10.8. The average Bonchev–Trinajstić information content (AvgIpc) is 2.41. The van der Waals surface area contributed by atoms with Crippen LogP contribution in [0.5, 0.6) is 5.75 Å². The minimum atomic E-state index is -0.579. The van der Waals surface area contributed by atoms with Gasteiger partial charge >= 0.3 is 0 Å². The molecule has 4 nitrogen and oxygen atoms in total. The van der Waals surface area contributed by atoms with Crippen molar-refractivity contribution >= 4 is 0 Å². The normalized spacial score (nSPS) is 12.2. The molecule has 1 aromatic carbocycles. The van der Waals surface area contributed by atoms with Crippen LogP contribution in [-0.4, -0.2) is 16.3 Å². The van der Waals surface area contributed by atoms with Crippen LogP contribution < -0.4 is 10.3 Å². The van der Waals surface area contributed by atoms with Gasteiger partial charge in [-0.05, 0) is 31.5 Å². The molecule has 0 radical (unpaired) electrons. The second kappa shape index (κ2) is 6.39. The molecule has 0 aliphatic rings. The van der Waals surface area contributed by atoms with Crippen LogP contribution in [0, 0.1) is 6.92 Å². The summed E-state index contributed by atoms with van der Waals surface area (Å²) in [6.45, 7) is 4.54. The van der Waals surface area contributed by atoms with Gasteiger partial charge in [0.05, 0.1) is 12.6 Å². The largest absolute Gasteiger partial charge is 0.491 e. The van der Waals surface area contributed by atoms with E-state index in [0.29, 0.717) is 18.9 Å². The molecule has 1 atom stereocenters. The molecule has 1 N–H and O–H groups in total. The SMILES string of the molecule is Cc1ccc(C(C)O)c(OCCn2ccccc2=O)c1. The molecule has 1 unspecified atom stereocenters. The Morgan fingerprint density at radius 2 is 2.10 bits per heavy atom. The van der Waals surface area contributed by atoms with Gasteiger partial charge in [0, 0.05) is 17.8 Å². The lowest BCUT2D eigenvalue weighted by Crippen LogP contribution is -2.21. The molecule has 0 bridgehead atoms. The van der Waals surface area contributed by atoms with E-state index in [1.165, 1.54) is 6.07 Å². The van der Waals surface area contributed by atoms with E-state index in [0.717, 1.165) is 11.1 Å². The Balaban J connectivity index is 2.06. The lowest BCUT2D eigenvalue weighted by molar-refractivity contribution is 0.190. The number of aryl methyl sites for hydroxylation is 1. The quantitative estimate of drug-likeness (QED) is 0.909. The molecule has 20 heavy (non-hydrogen) atoms. The summed E-state index contributed by atoms with van der Waals surface area (Å²) in [6.07, 6.45) is 1.15. The van der Waals surface area contributed by atoms with Gasteiger partial charge in [-0.15, -0.1) is 0 Å². The van der Waals surface area contributed by atoms with E-state index in [9.17, 15) is 9.90 Å². The number of ether oxygens (including phenoxy) is 1. The topological polar surface area (TPSA) is 51.5 Å². The van der Waals surface area contributed by atoms with Crippen molar-refractivity contribution in [2.24, 2.45) is 0 Å². The Bertz CT molecular complexity index is 632. The molecule has 0 amide bonds. The van der Waals surface area contributed by atoms with Crippen molar-refractivity contribution < 1.29 is 9.84 Å². The lowest BCUT2D eigenvalue weighted by atomic mass is 10.1. The molecule has 0 saturated heterocycles. The number of pyridine rings is 1. The third-order valence-corrected chi connectivity index (χ3v) is 3.11. The molecule has 1 aromatic heterocycles. The molecule has 1 heterocycles. The number of benzene rings is 1. The lowest BCUT2D eigenvalue weighted by Gasteiger charge is -2.14. The van der Waals surface area contributed by atoms with Gasteiger partial charge < -0.3 is 14.4 Å². The molecule has 2 rings (SSSR count). The number of aliphatic hydroxyl groups is 1. The summed E-state index contributed by atoms with van der Waals surface area (Å²) in [5.74, 6) is 0.670. The number of aromatic nitrogens is 1. The van der Waals surface area contributed by atoms with Crippen molar-refractivity contribution in [3.8, 4) is 5.75 Å². The van der Waals surface area contributed by atoms with Gasteiger partial charge in [0.2, 0.25) is 0 Å². The fourth-order valence-corrected chi connectivity index (χ4v) is 2.01. The second-order valence-electron chi connectivity index (χ2n) is 4.80. The molecule has 0 saturated carbocycles. The first-order valence-electron chi connectivity index (χ1n) is 6.65. The van der Waals surface area contributed by atoms with Crippen LogP contribution in [0.3, 0.4) is 0 Å². The van der Waals surface area contributed by atoms with Crippen molar-refractivity contribution in [3.05, 3.63) is 64.1 Å². The molecular formula is C16H19NO3. The van der Waals surface area contributed by atoms with Crippen molar-refractivity contribution in [1.29, 1.82) is 0 Å². The van der Waals surface area contributed by atoms with Crippen molar-refractivity contribution in [2.45, 2.75) is 26.5 Å². The Labute approximate surface area is 118 Å². The number of aliphatic hydroxyl groups excluding tert-OH is 1. The van der Waals surface area contributed by atoms with Gasteiger partial charge in [-0.25, -0.2) is 0 Å². The van der Waals surface area contributed by atoms with Gasteiger partial charge in [0.15, 0.2) is 0 Å². The zero-order chi connectivity index (χ0) is 14.5. The van der Waals surface area contributed by atoms with Crippen LogP contribution in [0.25, 0.3) is 0 Å². The Morgan fingerprint density at radius 1 is 1.30 bits per heavy atom. The molecule has 2 aromatic rings.